The molecular weight excluding hydrogens is 340 g/mol. The molecule has 1 aromatic carbocycles. The molecule has 1 aliphatic heterocycles. The fourth-order valence-electron chi connectivity index (χ4n) is 2.61. The predicted molar refractivity (Wildman–Crippen MR) is 94.3 cm³/mol. The zero-order chi connectivity index (χ0) is 17.1. The molecule has 2 amide bonds. The van der Waals surface area contributed by atoms with Crippen LogP contribution in [-0.2, 0) is 0 Å². The summed E-state index contributed by atoms with van der Waals surface area (Å²) in [6.45, 7) is 0.635. The predicted octanol–water partition coefficient (Wildman–Crippen LogP) is 3.08. The summed E-state index contributed by atoms with van der Waals surface area (Å²) in [6.07, 6.45) is 3.62. The van der Waals surface area contributed by atoms with Gasteiger partial charge in [-0.1, -0.05) is 6.07 Å². The van der Waals surface area contributed by atoms with Gasteiger partial charge in [0.15, 0.2) is 11.5 Å². The van der Waals surface area contributed by atoms with Crippen molar-refractivity contribution in [3.8, 4) is 11.5 Å². The lowest BCUT2D eigenvalue weighted by molar-refractivity contribution is 0.174. The molecule has 0 radical (unpaired) electrons. The van der Waals surface area contributed by atoms with Crippen molar-refractivity contribution < 1.29 is 14.3 Å². The number of nitrogens with zero attached hydrogens (tertiary/aromatic N) is 2. The van der Waals surface area contributed by atoms with Crippen LogP contribution in [0.2, 0.25) is 0 Å². The number of thiophene rings is 1. The Bertz CT molecular complexity index is 815. The van der Waals surface area contributed by atoms with Gasteiger partial charge in [-0.25, -0.2) is 4.79 Å². The molecule has 0 spiro atoms. The average Bonchev–Trinajstić information content (AvgIpc) is 3.37. The third-order valence-electron chi connectivity index (χ3n) is 3.80. The maximum Gasteiger partial charge on any atom is 0.319 e. The molecule has 25 heavy (non-hydrogen) atoms. The first-order valence-electron chi connectivity index (χ1n) is 7.76. The highest BCUT2D eigenvalue weighted by Gasteiger charge is 2.17. The van der Waals surface area contributed by atoms with Gasteiger partial charge in [-0.3, -0.25) is 4.68 Å². The summed E-state index contributed by atoms with van der Waals surface area (Å²) in [7, 11) is 0. The number of hydrogen-bond donors (Lipinski definition) is 2. The Kier molecular flexibility index (Phi) is 4.26. The molecule has 1 atom stereocenters. The number of nitrogens with one attached hydrogen (secondary N) is 2. The Morgan fingerprint density at radius 1 is 1.28 bits per heavy atom. The van der Waals surface area contributed by atoms with Gasteiger partial charge in [0.1, 0.15) is 6.04 Å². The van der Waals surface area contributed by atoms with Crippen molar-refractivity contribution in [1.82, 2.24) is 15.1 Å². The standard InChI is InChI=1S/C17H16N4O3S/c22-17(20-12-4-5-14-15(9-12)24-11-23-14)18-10-13(16-3-1-8-25-16)21-7-2-6-19-21/h1-9,13H,10-11H2,(H2,18,20,22). The van der Waals surface area contributed by atoms with Crippen molar-refractivity contribution in [3.05, 3.63) is 59.0 Å². The summed E-state index contributed by atoms with van der Waals surface area (Å²) >= 11 is 1.64. The molecule has 7 nitrogen and oxygen atoms in total. The van der Waals surface area contributed by atoms with E-state index in [9.17, 15) is 4.79 Å². The van der Waals surface area contributed by atoms with Crippen molar-refractivity contribution in [2.75, 3.05) is 18.7 Å². The zero-order valence-electron chi connectivity index (χ0n) is 13.2. The minimum Gasteiger partial charge on any atom is -0.454 e. The van der Waals surface area contributed by atoms with Crippen LogP contribution in [0.4, 0.5) is 10.5 Å². The van der Waals surface area contributed by atoms with Crippen LogP contribution in [0.15, 0.2) is 54.2 Å². The van der Waals surface area contributed by atoms with E-state index >= 15 is 0 Å². The number of amides is 2. The number of hydrogen-bond acceptors (Lipinski definition) is 5. The number of rotatable bonds is 5. The highest BCUT2D eigenvalue weighted by atomic mass is 32.1. The summed E-state index contributed by atoms with van der Waals surface area (Å²) in [5, 5.41) is 12.0. The van der Waals surface area contributed by atoms with E-state index in [2.05, 4.69) is 15.7 Å². The summed E-state index contributed by atoms with van der Waals surface area (Å²) in [5.74, 6) is 1.31. The van der Waals surface area contributed by atoms with E-state index in [0.29, 0.717) is 23.7 Å². The number of anilines is 1. The van der Waals surface area contributed by atoms with E-state index in [1.165, 1.54) is 0 Å². The van der Waals surface area contributed by atoms with Crippen LogP contribution >= 0.6 is 11.3 Å². The second-order valence-corrected chi connectivity index (χ2v) is 6.40. The average molecular weight is 356 g/mol. The quantitative estimate of drug-likeness (QED) is 0.736. The fourth-order valence-corrected chi connectivity index (χ4v) is 3.43. The third-order valence-corrected chi connectivity index (χ3v) is 4.78. The molecule has 0 fully saturated rings. The first-order chi connectivity index (χ1) is 12.3. The number of fused-ring (bicyclic) bond motifs is 1. The van der Waals surface area contributed by atoms with Gasteiger partial charge in [0.05, 0.1) is 0 Å². The molecule has 128 valence electrons. The van der Waals surface area contributed by atoms with Crippen LogP contribution in [0.25, 0.3) is 0 Å². The lowest BCUT2D eigenvalue weighted by atomic mass is 10.2. The molecule has 4 rings (SSSR count). The molecule has 0 saturated heterocycles. The second kappa shape index (κ2) is 6.86. The van der Waals surface area contributed by atoms with Crippen LogP contribution in [0.1, 0.15) is 10.9 Å². The van der Waals surface area contributed by atoms with Crippen LogP contribution in [-0.4, -0.2) is 29.1 Å². The molecule has 0 saturated carbocycles. The minimum absolute atomic E-state index is 0.0440. The van der Waals surface area contributed by atoms with Crippen molar-refractivity contribution in [2.45, 2.75) is 6.04 Å². The normalized spacial score (nSPS) is 13.4. The van der Waals surface area contributed by atoms with Gasteiger partial charge in [0.25, 0.3) is 0 Å². The highest BCUT2D eigenvalue weighted by Crippen LogP contribution is 2.34. The molecule has 3 heterocycles. The molecule has 2 aromatic heterocycles. The maximum absolute atomic E-state index is 12.2. The van der Waals surface area contributed by atoms with E-state index < -0.39 is 0 Å². The van der Waals surface area contributed by atoms with Gasteiger partial charge in [-0.2, -0.15) is 5.10 Å². The Labute approximate surface area is 148 Å². The maximum atomic E-state index is 12.2. The lowest BCUT2D eigenvalue weighted by Crippen LogP contribution is -2.34. The van der Waals surface area contributed by atoms with Crippen LogP contribution in [0.5, 0.6) is 11.5 Å². The van der Waals surface area contributed by atoms with Crippen molar-refractivity contribution in [1.29, 1.82) is 0 Å². The van der Waals surface area contributed by atoms with Crippen molar-refractivity contribution in [2.24, 2.45) is 0 Å². The molecule has 1 aliphatic rings. The SMILES string of the molecule is O=C(NCC(c1cccs1)n1cccn1)Nc1ccc2c(c1)OCO2. The molecular formula is C17H16N4O3S. The van der Waals surface area contributed by atoms with E-state index in [4.69, 9.17) is 9.47 Å². The van der Waals surface area contributed by atoms with Crippen LogP contribution < -0.4 is 20.1 Å². The van der Waals surface area contributed by atoms with Gasteiger partial charge in [-0.05, 0) is 29.6 Å². The molecule has 8 heteroatoms. The summed E-state index contributed by atoms with van der Waals surface area (Å²) < 4.78 is 12.4. The number of benzene rings is 1. The molecule has 1 unspecified atom stereocenters. The summed E-state index contributed by atoms with van der Waals surface area (Å²) in [4.78, 5) is 13.4. The molecule has 3 aromatic rings. The smallest absolute Gasteiger partial charge is 0.319 e. The fraction of sp³-hybridized carbons (Fsp3) is 0.176. The number of ether oxygens (including phenoxy) is 2. The largest absolute Gasteiger partial charge is 0.454 e. The first kappa shape index (κ1) is 15.5. The minimum atomic E-state index is -0.285. The van der Waals surface area contributed by atoms with Gasteiger partial charge in [-0.15, -0.1) is 11.3 Å². The van der Waals surface area contributed by atoms with E-state index in [1.807, 2.05) is 34.5 Å². The van der Waals surface area contributed by atoms with Gasteiger partial charge in [0.2, 0.25) is 6.79 Å². The van der Waals surface area contributed by atoms with Crippen molar-refractivity contribution >= 4 is 23.1 Å². The zero-order valence-corrected chi connectivity index (χ0v) is 14.0. The number of carbonyl (C=O) groups excluding carboxylic acids is 1. The van der Waals surface area contributed by atoms with E-state index in [-0.39, 0.29) is 18.9 Å². The highest BCUT2D eigenvalue weighted by molar-refractivity contribution is 7.10. The number of carbonyl (C=O) groups is 1. The number of urea groups is 1. The summed E-state index contributed by atoms with van der Waals surface area (Å²) in [6, 6.07) is 10.9. The first-order valence-corrected chi connectivity index (χ1v) is 8.64. The Hall–Kier alpha value is -3.00. The van der Waals surface area contributed by atoms with Crippen LogP contribution in [0, 0.1) is 0 Å². The topological polar surface area (TPSA) is 77.4 Å². The Balaban J connectivity index is 1.40. The monoisotopic (exact) mass is 356 g/mol. The van der Waals surface area contributed by atoms with Crippen LogP contribution in [0.3, 0.4) is 0 Å². The Morgan fingerprint density at radius 3 is 3.00 bits per heavy atom. The van der Waals surface area contributed by atoms with Gasteiger partial charge < -0.3 is 20.1 Å². The molecule has 0 bridgehead atoms. The molecule has 0 aliphatic carbocycles. The van der Waals surface area contributed by atoms with E-state index in [1.54, 1.807) is 35.7 Å². The van der Waals surface area contributed by atoms with Gasteiger partial charge >= 0.3 is 6.03 Å². The summed E-state index contributed by atoms with van der Waals surface area (Å²) in [5.41, 5.74) is 0.647. The Morgan fingerprint density at radius 2 is 2.20 bits per heavy atom. The third kappa shape index (κ3) is 3.43. The van der Waals surface area contributed by atoms with Gasteiger partial charge in [0, 0.05) is 35.6 Å². The van der Waals surface area contributed by atoms with Crippen molar-refractivity contribution in [3.63, 3.8) is 0 Å². The second-order valence-electron chi connectivity index (χ2n) is 5.42. The number of aromatic nitrogens is 2. The lowest BCUT2D eigenvalue weighted by Gasteiger charge is -2.17. The molecule has 2 N–H and O–H groups in total. The van der Waals surface area contributed by atoms with E-state index in [0.717, 1.165) is 4.88 Å².